The van der Waals surface area contributed by atoms with Crippen LogP contribution in [0.15, 0.2) is 84.3 Å². The number of hydrogen-bond donors (Lipinski definition) is 1. The zero-order valence-corrected chi connectivity index (χ0v) is 22.0. The maximum absolute atomic E-state index is 14.2. The minimum atomic E-state index is -0.529. The molecule has 6 aromatic rings. The van der Waals surface area contributed by atoms with Crippen LogP contribution in [0.5, 0.6) is 0 Å². The summed E-state index contributed by atoms with van der Waals surface area (Å²) >= 11 is 0. The van der Waals surface area contributed by atoms with Crippen LogP contribution < -0.4 is 10.9 Å². The van der Waals surface area contributed by atoms with Crippen LogP contribution in [0, 0.1) is 18.8 Å². The molecule has 1 N–H and O–H groups in total. The molecule has 4 heterocycles. The van der Waals surface area contributed by atoms with Gasteiger partial charge in [0.2, 0.25) is 0 Å². The van der Waals surface area contributed by atoms with Gasteiger partial charge in [0.15, 0.2) is 0 Å². The monoisotopic (exact) mass is 528 g/mol. The Morgan fingerprint density at radius 1 is 1.02 bits per heavy atom. The quantitative estimate of drug-likeness (QED) is 0.351. The van der Waals surface area contributed by atoms with Gasteiger partial charge in [-0.25, -0.2) is 4.52 Å². The average molecular weight is 529 g/mol. The molecule has 40 heavy (non-hydrogen) atoms. The molecule has 0 fully saturated rings. The lowest BCUT2D eigenvalue weighted by atomic mass is 10.0. The molecule has 0 radical (unpaired) electrons. The van der Waals surface area contributed by atoms with Crippen molar-refractivity contribution < 1.29 is 4.79 Å². The van der Waals surface area contributed by atoms with E-state index in [1.807, 2.05) is 74.8 Å². The fourth-order valence-corrected chi connectivity index (χ4v) is 4.84. The number of nitrogens with one attached hydrogen (secondary N) is 1. The highest BCUT2D eigenvalue weighted by atomic mass is 16.2. The molecule has 0 unspecified atom stereocenters. The molecular weight excluding hydrogens is 504 g/mol. The number of amides is 1. The van der Waals surface area contributed by atoms with E-state index >= 15 is 0 Å². The summed E-state index contributed by atoms with van der Waals surface area (Å²) in [7, 11) is 1.83. The molecule has 0 spiro atoms. The second-order valence-electron chi connectivity index (χ2n) is 9.43. The van der Waals surface area contributed by atoms with E-state index in [4.69, 9.17) is 0 Å². The fourth-order valence-electron chi connectivity index (χ4n) is 4.84. The first-order valence-corrected chi connectivity index (χ1v) is 12.6. The molecule has 2 aromatic carbocycles. The standard InChI is InChI=1S/C30H24N8O2/c1-19(34-29(39)27-20(2)35-37-18-32-31-16-26(27)37)25-14-23-9-7-8-22(13-12-21-15-33-36(3)17-21)28(23)30(40)38(25)24-10-5-4-6-11-24/h4-11,14-19H,1-3H3,(H,34,39)/t19-/m0/s1. The first-order chi connectivity index (χ1) is 19.4. The van der Waals surface area contributed by atoms with E-state index in [2.05, 4.69) is 37.6 Å². The molecule has 10 nitrogen and oxygen atoms in total. The molecule has 0 aliphatic rings. The summed E-state index contributed by atoms with van der Waals surface area (Å²) in [5.74, 6) is 5.93. The van der Waals surface area contributed by atoms with Gasteiger partial charge in [0.05, 0.1) is 40.6 Å². The minimum absolute atomic E-state index is 0.224. The van der Waals surface area contributed by atoms with E-state index in [1.54, 1.807) is 22.4 Å². The lowest BCUT2D eigenvalue weighted by Gasteiger charge is -2.21. The third-order valence-corrected chi connectivity index (χ3v) is 6.68. The number of carbonyl (C=O) groups is 1. The number of pyridine rings is 1. The van der Waals surface area contributed by atoms with Gasteiger partial charge < -0.3 is 5.32 Å². The number of hydrogen-bond acceptors (Lipinski definition) is 6. The van der Waals surface area contributed by atoms with E-state index in [9.17, 15) is 9.59 Å². The Bertz CT molecular complexity index is 2030. The molecule has 1 atom stereocenters. The number of aryl methyl sites for hydroxylation is 2. The van der Waals surface area contributed by atoms with Gasteiger partial charge in [-0.2, -0.15) is 15.3 Å². The van der Waals surface area contributed by atoms with Gasteiger partial charge in [-0.05, 0) is 43.5 Å². The number of benzene rings is 2. The number of para-hydroxylation sites is 1. The first kappa shape index (κ1) is 24.8. The van der Waals surface area contributed by atoms with Gasteiger partial charge in [0.25, 0.3) is 11.5 Å². The van der Waals surface area contributed by atoms with E-state index in [0.29, 0.717) is 39.1 Å². The topological polar surface area (TPSA) is 112 Å². The zero-order valence-electron chi connectivity index (χ0n) is 22.0. The van der Waals surface area contributed by atoms with Gasteiger partial charge in [-0.3, -0.25) is 18.8 Å². The van der Waals surface area contributed by atoms with Crippen molar-refractivity contribution in [3.8, 4) is 17.5 Å². The number of carbonyl (C=O) groups excluding carboxylic acids is 1. The van der Waals surface area contributed by atoms with Crippen LogP contribution in [0.25, 0.3) is 22.0 Å². The second kappa shape index (κ2) is 9.96. The Balaban J connectivity index is 1.48. The highest BCUT2D eigenvalue weighted by Crippen LogP contribution is 2.24. The van der Waals surface area contributed by atoms with Crippen molar-refractivity contribution in [3.05, 3.63) is 118 Å². The van der Waals surface area contributed by atoms with E-state index < -0.39 is 6.04 Å². The normalized spacial score (nSPS) is 11.8. The molecule has 196 valence electrons. The van der Waals surface area contributed by atoms with Crippen molar-refractivity contribution in [3.63, 3.8) is 0 Å². The Kier molecular flexibility index (Phi) is 6.16. The highest BCUT2D eigenvalue weighted by Gasteiger charge is 2.23. The Labute approximate surface area is 228 Å². The SMILES string of the molecule is Cc1nn2cnncc2c1C(=O)N[C@@H](C)c1cc2cccc(C#Cc3cnn(C)c3)c2c(=O)n1-c1ccccc1. The second-order valence-corrected chi connectivity index (χ2v) is 9.43. The van der Waals surface area contributed by atoms with Crippen LogP contribution in [0.3, 0.4) is 0 Å². The maximum atomic E-state index is 14.2. The molecule has 1 amide bonds. The molecule has 0 saturated heterocycles. The third-order valence-electron chi connectivity index (χ3n) is 6.68. The van der Waals surface area contributed by atoms with Crippen LogP contribution in [-0.4, -0.2) is 40.1 Å². The highest BCUT2D eigenvalue weighted by molar-refractivity contribution is 6.02. The van der Waals surface area contributed by atoms with E-state index in [0.717, 1.165) is 10.9 Å². The Morgan fingerprint density at radius 2 is 1.85 bits per heavy atom. The fraction of sp³-hybridized carbons (Fsp3) is 0.133. The van der Waals surface area contributed by atoms with Crippen LogP contribution >= 0.6 is 0 Å². The van der Waals surface area contributed by atoms with Gasteiger partial charge in [-0.15, -0.1) is 5.10 Å². The molecule has 10 heteroatoms. The zero-order chi connectivity index (χ0) is 27.8. The third kappa shape index (κ3) is 4.39. The molecule has 0 aliphatic heterocycles. The van der Waals surface area contributed by atoms with Gasteiger partial charge in [0.1, 0.15) is 11.8 Å². The van der Waals surface area contributed by atoms with Gasteiger partial charge in [-0.1, -0.05) is 42.2 Å². The number of aromatic nitrogens is 7. The first-order valence-electron chi connectivity index (χ1n) is 12.6. The van der Waals surface area contributed by atoms with Crippen molar-refractivity contribution in [1.29, 1.82) is 0 Å². The summed E-state index contributed by atoms with van der Waals surface area (Å²) in [5, 5.41) is 20.5. The van der Waals surface area contributed by atoms with Crippen molar-refractivity contribution >= 4 is 22.2 Å². The Morgan fingerprint density at radius 3 is 2.62 bits per heavy atom. The van der Waals surface area contributed by atoms with E-state index in [-0.39, 0.29) is 11.5 Å². The van der Waals surface area contributed by atoms with Crippen LogP contribution in [0.1, 0.15) is 45.8 Å². The predicted molar refractivity (Wildman–Crippen MR) is 150 cm³/mol. The summed E-state index contributed by atoms with van der Waals surface area (Å²) in [6, 6.07) is 16.4. The minimum Gasteiger partial charge on any atom is -0.344 e. The van der Waals surface area contributed by atoms with Crippen LogP contribution in [0.4, 0.5) is 0 Å². The van der Waals surface area contributed by atoms with Gasteiger partial charge >= 0.3 is 0 Å². The molecule has 0 bridgehead atoms. The summed E-state index contributed by atoms with van der Waals surface area (Å²) in [6.45, 7) is 3.61. The van der Waals surface area contributed by atoms with Gasteiger partial charge in [0, 0.05) is 30.2 Å². The molecule has 4 aromatic heterocycles. The van der Waals surface area contributed by atoms with Crippen molar-refractivity contribution in [2.45, 2.75) is 19.9 Å². The van der Waals surface area contributed by atoms with Crippen LogP contribution in [0.2, 0.25) is 0 Å². The Hall–Kier alpha value is -5.56. The summed E-state index contributed by atoms with van der Waals surface area (Å²) < 4.78 is 4.84. The number of rotatable bonds is 4. The van der Waals surface area contributed by atoms with Crippen molar-refractivity contribution in [2.75, 3.05) is 0 Å². The molecule has 0 aliphatic carbocycles. The maximum Gasteiger partial charge on any atom is 0.264 e. The molecule has 6 rings (SSSR count). The largest absolute Gasteiger partial charge is 0.344 e. The average Bonchev–Trinajstić information content (AvgIpc) is 3.53. The lowest BCUT2D eigenvalue weighted by Crippen LogP contribution is -2.32. The molecular formula is C30H24N8O2. The summed E-state index contributed by atoms with van der Waals surface area (Å²) in [4.78, 5) is 27.6. The number of fused-ring (bicyclic) bond motifs is 2. The molecule has 0 saturated carbocycles. The van der Waals surface area contributed by atoms with Crippen LogP contribution in [-0.2, 0) is 7.05 Å². The summed E-state index contributed by atoms with van der Waals surface area (Å²) in [6.07, 6.45) is 6.46. The predicted octanol–water partition coefficient (Wildman–Crippen LogP) is 3.36. The smallest absolute Gasteiger partial charge is 0.264 e. The van der Waals surface area contributed by atoms with Crippen molar-refractivity contribution in [1.82, 2.24) is 39.5 Å². The van der Waals surface area contributed by atoms with E-state index in [1.165, 1.54) is 17.0 Å². The van der Waals surface area contributed by atoms with Crippen molar-refractivity contribution in [2.24, 2.45) is 7.05 Å². The summed E-state index contributed by atoms with van der Waals surface area (Å²) in [5.41, 5.74) is 3.96. The lowest BCUT2D eigenvalue weighted by molar-refractivity contribution is 0.0939. The number of nitrogens with zero attached hydrogens (tertiary/aromatic N) is 7.